The lowest BCUT2D eigenvalue weighted by Crippen LogP contribution is -2.50. The number of amides is 1. The first-order chi connectivity index (χ1) is 8.21. The van der Waals surface area contributed by atoms with E-state index in [-0.39, 0.29) is 34.9 Å². The Kier molecular flexibility index (Phi) is 3.44. The number of hydrogen-bond donors (Lipinski definition) is 0. The van der Waals surface area contributed by atoms with Gasteiger partial charge in [-0.1, -0.05) is 27.7 Å². The predicted molar refractivity (Wildman–Crippen MR) is 72.7 cm³/mol. The van der Waals surface area contributed by atoms with Crippen LogP contribution in [0.1, 0.15) is 34.6 Å². The summed E-state index contributed by atoms with van der Waals surface area (Å²) in [5, 5.41) is 0. The van der Waals surface area contributed by atoms with Crippen molar-refractivity contribution in [2.75, 3.05) is 19.0 Å². The summed E-state index contributed by atoms with van der Waals surface area (Å²) < 4.78 is 5.69. The molecule has 0 spiro atoms. The van der Waals surface area contributed by atoms with E-state index in [0.717, 1.165) is 0 Å². The highest BCUT2D eigenvalue weighted by atomic mass is 35.5. The van der Waals surface area contributed by atoms with Crippen LogP contribution in [0.25, 0.3) is 0 Å². The third-order valence-electron chi connectivity index (χ3n) is 5.08. The molecule has 4 heteroatoms. The minimum absolute atomic E-state index is 0.0238. The number of halogens is 1. The highest BCUT2D eigenvalue weighted by Gasteiger charge is 2.68. The first kappa shape index (κ1) is 14.1. The van der Waals surface area contributed by atoms with Crippen LogP contribution in [0.5, 0.6) is 0 Å². The number of rotatable bonds is 2. The number of hydrogen-bond acceptors (Lipinski definition) is 2. The van der Waals surface area contributed by atoms with Crippen molar-refractivity contribution in [1.29, 1.82) is 0 Å². The van der Waals surface area contributed by atoms with Crippen LogP contribution in [-0.2, 0) is 9.53 Å². The third kappa shape index (κ3) is 2.05. The number of carbonyl (C=O) groups is 1. The van der Waals surface area contributed by atoms with Crippen molar-refractivity contribution in [3.05, 3.63) is 0 Å². The average molecular weight is 274 g/mol. The first-order valence-corrected chi connectivity index (χ1v) is 7.25. The van der Waals surface area contributed by atoms with E-state index in [2.05, 4.69) is 27.7 Å². The summed E-state index contributed by atoms with van der Waals surface area (Å²) in [7, 11) is 0. The van der Waals surface area contributed by atoms with E-state index >= 15 is 0 Å². The molecule has 1 heterocycles. The molecule has 1 aliphatic carbocycles. The Morgan fingerprint density at radius 2 is 1.83 bits per heavy atom. The highest BCUT2D eigenvalue weighted by Crippen LogP contribution is 2.68. The van der Waals surface area contributed by atoms with E-state index < -0.39 is 0 Å². The fourth-order valence-electron chi connectivity index (χ4n) is 3.31. The van der Waals surface area contributed by atoms with Crippen LogP contribution < -0.4 is 0 Å². The molecule has 2 fully saturated rings. The van der Waals surface area contributed by atoms with Crippen molar-refractivity contribution >= 4 is 17.5 Å². The number of morpholine rings is 1. The zero-order valence-corrected chi connectivity index (χ0v) is 12.8. The molecule has 2 rings (SSSR count). The Balaban J connectivity index is 2.06. The van der Waals surface area contributed by atoms with Gasteiger partial charge >= 0.3 is 0 Å². The Hall–Kier alpha value is -0.280. The van der Waals surface area contributed by atoms with Crippen LogP contribution >= 0.6 is 11.6 Å². The van der Waals surface area contributed by atoms with Crippen LogP contribution in [0.15, 0.2) is 0 Å². The van der Waals surface area contributed by atoms with Gasteiger partial charge in [0, 0.05) is 19.0 Å². The summed E-state index contributed by atoms with van der Waals surface area (Å²) in [6, 6.07) is 0. The minimum Gasteiger partial charge on any atom is -0.370 e. The average Bonchev–Trinajstić information content (AvgIpc) is 2.67. The van der Waals surface area contributed by atoms with Crippen LogP contribution in [0.4, 0.5) is 0 Å². The van der Waals surface area contributed by atoms with E-state index in [9.17, 15) is 4.79 Å². The molecule has 18 heavy (non-hydrogen) atoms. The molecule has 0 radical (unpaired) electrons. The highest BCUT2D eigenvalue weighted by molar-refractivity contribution is 6.18. The summed E-state index contributed by atoms with van der Waals surface area (Å²) in [5.74, 6) is 0.854. The van der Waals surface area contributed by atoms with Gasteiger partial charge in [0.2, 0.25) is 5.91 Å². The lowest BCUT2D eigenvalue weighted by atomic mass is 10.0. The molecule has 104 valence electrons. The second-order valence-corrected chi connectivity index (χ2v) is 7.15. The van der Waals surface area contributed by atoms with Gasteiger partial charge in [-0.05, 0) is 17.8 Å². The van der Waals surface area contributed by atoms with Gasteiger partial charge in [-0.2, -0.15) is 0 Å². The molecule has 0 aromatic heterocycles. The van der Waals surface area contributed by atoms with Crippen LogP contribution in [0.3, 0.4) is 0 Å². The minimum atomic E-state index is -0.0238. The molecule has 1 saturated heterocycles. The van der Waals surface area contributed by atoms with Gasteiger partial charge in [0.1, 0.15) is 0 Å². The molecule has 2 unspecified atom stereocenters. The summed E-state index contributed by atoms with van der Waals surface area (Å²) in [5.41, 5.74) is 0.199. The quantitative estimate of drug-likeness (QED) is 0.724. The standard InChI is InChI=1S/C14H24ClNO2/c1-9-7-16(8-10(6-15)18-9)12(17)11-13(2,3)14(11,4)5/h9-11H,6-8H2,1-5H3. The summed E-state index contributed by atoms with van der Waals surface area (Å²) in [4.78, 5) is 14.6. The molecule has 0 N–H and O–H groups in total. The Labute approximate surface area is 115 Å². The van der Waals surface area contributed by atoms with Crippen molar-refractivity contribution in [2.24, 2.45) is 16.7 Å². The fraction of sp³-hybridized carbons (Fsp3) is 0.929. The smallest absolute Gasteiger partial charge is 0.226 e. The lowest BCUT2D eigenvalue weighted by molar-refractivity contribution is -0.145. The zero-order chi connectivity index (χ0) is 13.7. The third-order valence-corrected chi connectivity index (χ3v) is 5.42. The second kappa shape index (κ2) is 4.38. The van der Waals surface area contributed by atoms with Gasteiger partial charge in [-0.3, -0.25) is 4.79 Å². The van der Waals surface area contributed by atoms with Crippen molar-refractivity contribution in [3.63, 3.8) is 0 Å². The molecule has 2 aliphatic rings. The van der Waals surface area contributed by atoms with E-state index in [1.165, 1.54) is 0 Å². The zero-order valence-electron chi connectivity index (χ0n) is 12.0. The molecule has 1 amide bonds. The molecule has 3 nitrogen and oxygen atoms in total. The van der Waals surface area contributed by atoms with Gasteiger partial charge in [0.25, 0.3) is 0 Å². The number of alkyl halides is 1. The largest absolute Gasteiger partial charge is 0.370 e. The van der Waals surface area contributed by atoms with E-state index in [1.54, 1.807) is 0 Å². The van der Waals surface area contributed by atoms with E-state index in [0.29, 0.717) is 19.0 Å². The Bertz CT molecular complexity index is 340. The maximum absolute atomic E-state index is 12.6. The number of ether oxygens (including phenoxy) is 1. The molecule has 0 aromatic rings. The van der Waals surface area contributed by atoms with Gasteiger partial charge in [-0.25, -0.2) is 0 Å². The second-order valence-electron chi connectivity index (χ2n) is 6.84. The van der Waals surface area contributed by atoms with Crippen LogP contribution in [-0.4, -0.2) is 42.0 Å². The predicted octanol–water partition coefficient (Wildman–Crippen LogP) is 2.52. The van der Waals surface area contributed by atoms with Crippen molar-refractivity contribution in [1.82, 2.24) is 4.90 Å². The molecular formula is C14H24ClNO2. The monoisotopic (exact) mass is 273 g/mol. The lowest BCUT2D eigenvalue weighted by Gasteiger charge is -2.36. The summed E-state index contributed by atoms with van der Waals surface area (Å²) >= 11 is 5.86. The Morgan fingerprint density at radius 1 is 1.28 bits per heavy atom. The maximum atomic E-state index is 12.6. The van der Waals surface area contributed by atoms with E-state index in [1.807, 2.05) is 11.8 Å². The van der Waals surface area contributed by atoms with E-state index in [4.69, 9.17) is 16.3 Å². The molecular weight excluding hydrogens is 250 g/mol. The number of carbonyl (C=O) groups excluding carboxylic acids is 1. The van der Waals surface area contributed by atoms with Crippen molar-refractivity contribution < 1.29 is 9.53 Å². The van der Waals surface area contributed by atoms with Gasteiger partial charge < -0.3 is 9.64 Å². The van der Waals surface area contributed by atoms with Crippen molar-refractivity contribution in [2.45, 2.75) is 46.8 Å². The molecule has 0 aromatic carbocycles. The summed E-state index contributed by atoms with van der Waals surface area (Å²) in [6.45, 7) is 12.0. The van der Waals surface area contributed by atoms with Crippen molar-refractivity contribution in [3.8, 4) is 0 Å². The topological polar surface area (TPSA) is 29.5 Å². The number of nitrogens with zero attached hydrogens (tertiary/aromatic N) is 1. The fourth-order valence-corrected chi connectivity index (χ4v) is 3.48. The molecule has 1 saturated carbocycles. The SMILES string of the molecule is CC1CN(C(=O)C2C(C)(C)C2(C)C)CC(CCl)O1. The van der Waals surface area contributed by atoms with Gasteiger partial charge in [-0.15, -0.1) is 11.6 Å². The van der Waals surface area contributed by atoms with Crippen LogP contribution in [0, 0.1) is 16.7 Å². The first-order valence-electron chi connectivity index (χ1n) is 6.72. The maximum Gasteiger partial charge on any atom is 0.226 e. The molecule has 0 bridgehead atoms. The normalized spacial score (nSPS) is 34.4. The van der Waals surface area contributed by atoms with Gasteiger partial charge in [0.05, 0.1) is 18.1 Å². The summed E-state index contributed by atoms with van der Waals surface area (Å²) in [6.07, 6.45) is 0.0563. The van der Waals surface area contributed by atoms with Crippen LogP contribution in [0.2, 0.25) is 0 Å². The Morgan fingerprint density at radius 3 is 2.28 bits per heavy atom. The molecule has 2 atom stereocenters. The molecule has 1 aliphatic heterocycles. The van der Waals surface area contributed by atoms with Gasteiger partial charge in [0.15, 0.2) is 0 Å².